The third-order valence-electron chi connectivity index (χ3n) is 7.07. The zero-order chi connectivity index (χ0) is 20.5. The fourth-order valence-corrected chi connectivity index (χ4v) is 5.41. The van der Waals surface area contributed by atoms with Crippen molar-refractivity contribution < 1.29 is 4.79 Å². The van der Waals surface area contributed by atoms with Crippen LogP contribution in [0.25, 0.3) is 11.0 Å². The average molecular weight is 402 g/mol. The number of hydrogen-bond donors (Lipinski definition) is 0. The molecule has 0 radical (unpaired) electrons. The molecule has 0 N–H and O–H groups in total. The number of benzene rings is 2. The quantitative estimate of drug-likeness (QED) is 0.539. The van der Waals surface area contributed by atoms with Gasteiger partial charge in [-0.15, -0.1) is 0 Å². The van der Waals surface area contributed by atoms with Gasteiger partial charge in [0.1, 0.15) is 5.82 Å². The van der Waals surface area contributed by atoms with Gasteiger partial charge < -0.3 is 9.47 Å². The first-order chi connectivity index (χ1) is 14.7. The zero-order valence-corrected chi connectivity index (χ0v) is 17.9. The maximum Gasteiger partial charge on any atom is 0.227 e. The molecular weight excluding hydrogens is 370 g/mol. The van der Waals surface area contributed by atoms with Crippen molar-refractivity contribution in [3.63, 3.8) is 0 Å². The summed E-state index contributed by atoms with van der Waals surface area (Å²) in [6, 6.07) is 16.6. The van der Waals surface area contributed by atoms with Gasteiger partial charge in [0.15, 0.2) is 0 Å². The number of fused-ring (bicyclic) bond motifs is 1. The first-order valence-electron chi connectivity index (χ1n) is 11.5. The van der Waals surface area contributed by atoms with Crippen molar-refractivity contribution in [3.05, 3.63) is 59.9 Å². The summed E-state index contributed by atoms with van der Waals surface area (Å²) in [6.45, 7) is 3.81. The average Bonchev–Trinajstić information content (AvgIpc) is 3.34. The molecule has 1 amide bonds. The normalized spacial score (nSPS) is 20.4. The van der Waals surface area contributed by atoms with E-state index in [2.05, 4.69) is 47.9 Å². The van der Waals surface area contributed by atoms with Gasteiger partial charge in [-0.25, -0.2) is 4.98 Å². The van der Waals surface area contributed by atoms with Crippen molar-refractivity contribution in [3.8, 4) is 0 Å². The molecule has 2 aromatic carbocycles. The number of para-hydroxylation sites is 3. The van der Waals surface area contributed by atoms with Gasteiger partial charge in [-0.05, 0) is 43.0 Å². The number of carbonyl (C=O) groups is 1. The second-order valence-electron chi connectivity index (χ2n) is 9.09. The first kappa shape index (κ1) is 19.3. The molecule has 2 heterocycles. The van der Waals surface area contributed by atoms with Gasteiger partial charge in [0, 0.05) is 31.1 Å². The lowest BCUT2D eigenvalue weighted by Gasteiger charge is -2.23. The molecule has 1 aromatic heterocycles. The number of aromatic nitrogens is 2. The van der Waals surface area contributed by atoms with Gasteiger partial charge in [-0.2, -0.15) is 0 Å². The fraction of sp³-hybridized carbons (Fsp3) is 0.462. The molecular formula is C26H31N3O. The Bertz CT molecular complexity index is 1050. The lowest BCUT2D eigenvalue weighted by molar-refractivity contribution is -0.117. The van der Waals surface area contributed by atoms with E-state index in [0.29, 0.717) is 6.42 Å². The van der Waals surface area contributed by atoms with Crippen LogP contribution < -0.4 is 4.90 Å². The van der Waals surface area contributed by atoms with Crippen LogP contribution in [-0.4, -0.2) is 22.0 Å². The van der Waals surface area contributed by atoms with Crippen LogP contribution in [0.5, 0.6) is 0 Å². The number of hydrogen-bond acceptors (Lipinski definition) is 2. The number of imidazole rings is 1. The van der Waals surface area contributed by atoms with Crippen LogP contribution in [-0.2, 0) is 11.3 Å². The third-order valence-corrected chi connectivity index (χ3v) is 7.07. The van der Waals surface area contributed by atoms with Crippen LogP contribution >= 0.6 is 0 Å². The largest absolute Gasteiger partial charge is 0.328 e. The van der Waals surface area contributed by atoms with E-state index in [1.807, 2.05) is 17.0 Å². The molecule has 1 aliphatic carbocycles. The third kappa shape index (κ3) is 3.64. The molecule has 0 bridgehead atoms. The molecule has 0 unspecified atom stereocenters. The Morgan fingerprint density at radius 2 is 1.77 bits per heavy atom. The van der Waals surface area contributed by atoms with Crippen LogP contribution in [0.3, 0.4) is 0 Å². The SMILES string of the molecule is Cc1ccccc1N1C[C@H](c2nc3ccccc3n2CCC2CCCCC2)CC1=O. The fourth-order valence-electron chi connectivity index (χ4n) is 5.41. The van der Waals surface area contributed by atoms with E-state index in [1.165, 1.54) is 44.0 Å². The van der Waals surface area contributed by atoms with Gasteiger partial charge >= 0.3 is 0 Å². The van der Waals surface area contributed by atoms with E-state index in [4.69, 9.17) is 4.98 Å². The number of anilines is 1. The van der Waals surface area contributed by atoms with Crippen molar-refractivity contribution in [2.75, 3.05) is 11.4 Å². The maximum absolute atomic E-state index is 12.9. The Kier molecular flexibility index (Phi) is 5.32. The van der Waals surface area contributed by atoms with Gasteiger partial charge in [0.05, 0.1) is 11.0 Å². The molecule has 2 aliphatic rings. The van der Waals surface area contributed by atoms with Crippen LogP contribution in [0.4, 0.5) is 5.69 Å². The topological polar surface area (TPSA) is 38.1 Å². The van der Waals surface area contributed by atoms with Crippen molar-refractivity contribution in [1.29, 1.82) is 0 Å². The van der Waals surface area contributed by atoms with E-state index in [9.17, 15) is 4.79 Å². The number of rotatable bonds is 5. The first-order valence-corrected chi connectivity index (χ1v) is 11.5. The number of nitrogens with zero attached hydrogens (tertiary/aromatic N) is 3. The maximum atomic E-state index is 12.9. The minimum Gasteiger partial charge on any atom is -0.328 e. The summed E-state index contributed by atoms with van der Waals surface area (Å²) >= 11 is 0. The highest BCUT2D eigenvalue weighted by Crippen LogP contribution is 2.35. The van der Waals surface area contributed by atoms with Crippen molar-refractivity contribution in [2.24, 2.45) is 5.92 Å². The minimum atomic E-state index is 0.149. The lowest BCUT2D eigenvalue weighted by Crippen LogP contribution is -2.25. The molecule has 30 heavy (non-hydrogen) atoms. The predicted octanol–water partition coefficient (Wildman–Crippen LogP) is 5.84. The van der Waals surface area contributed by atoms with Crippen molar-refractivity contribution in [2.45, 2.75) is 64.3 Å². The molecule has 1 aliphatic heterocycles. The van der Waals surface area contributed by atoms with Gasteiger partial charge in [-0.1, -0.05) is 62.4 Å². The minimum absolute atomic E-state index is 0.149. The summed E-state index contributed by atoms with van der Waals surface area (Å²) in [5.74, 6) is 2.29. The Balaban J connectivity index is 1.43. The summed E-state index contributed by atoms with van der Waals surface area (Å²) in [7, 11) is 0. The molecule has 5 rings (SSSR count). The Labute approximate surface area is 178 Å². The molecule has 4 nitrogen and oxygen atoms in total. The lowest BCUT2D eigenvalue weighted by atomic mass is 9.87. The van der Waals surface area contributed by atoms with E-state index in [1.54, 1.807) is 0 Å². The summed E-state index contributed by atoms with van der Waals surface area (Å²) in [6.07, 6.45) is 8.65. The molecule has 3 aromatic rings. The highest BCUT2D eigenvalue weighted by molar-refractivity contribution is 5.97. The molecule has 1 saturated carbocycles. The highest BCUT2D eigenvalue weighted by atomic mass is 16.2. The number of carbonyl (C=O) groups excluding carboxylic acids is 1. The Hall–Kier alpha value is -2.62. The molecule has 1 atom stereocenters. The Morgan fingerprint density at radius 1 is 1.00 bits per heavy atom. The standard InChI is InChI=1S/C26H31N3O/c1-19-9-5-7-13-23(19)29-18-21(17-25(29)30)26-27-22-12-6-8-14-24(22)28(26)16-15-20-10-3-2-4-11-20/h5-9,12-14,20-21H,2-4,10-11,15-18H2,1H3/t21-/m1/s1. The summed E-state index contributed by atoms with van der Waals surface area (Å²) in [5.41, 5.74) is 4.45. The van der Waals surface area contributed by atoms with Crippen LogP contribution in [0.2, 0.25) is 0 Å². The highest BCUT2D eigenvalue weighted by Gasteiger charge is 2.35. The molecule has 4 heteroatoms. The van der Waals surface area contributed by atoms with E-state index in [-0.39, 0.29) is 11.8 Å². The zero-order valence-electron chi connectivity index (χ0n) is 17.9. The molecule has 1 saturated heterocycles. The van der Waals surface area contributed by atoms with Gasteiger partial charge in [0.25, 0.3) is 0 Å². The van der Waals surface area contributed by atoms with Crippen molar-refractivity contribution in [1.82, 2.24) is 9.55 Å². The molecule has 2 fully saturated rings. The summed E-state index contributed by atoms with van der Waals surface area (Å²) in [5, 5.41) is 0. The van der Waals surface area contributed by atoms with Gasteiger partial charge in [0.2, 0.25) is 5.91 Å². The number of amides is 1. The monoisotopic (exact) mass is 401 g/mol. The second kappa shape index (κ2) is 8.25. The summed E-state index contributed by atoms with van der Waals surface area (Å²) < 4.78 is 2.42. The predicted molar refractivity (Wildman–Crippen MR) is 122 cm³/mol. The van der Waals surface area contributed by atoms with Gasteiger partial charge in [-0.3, -0.25) is 4.79 Å². The van der Waals surface area contributed by atoms with E-state index < -0.39 is 0 Å². The second-order valence-corrected chi connectivity index (χ2v) is 9.09. The van der Waals surface area contributed by atoms with Crippen molar-refractivity contribution >= 4 is 22.6 Å². The van der Waals surface area contributed by atoms with E-state index >= 15 is 0 Å². The van der Waals surface area contributed by atoms with Crippen LogP contribution in [0.1, 0.15) is 62.3 Å². The number of aryl methyl sites for hydroxylation is 2. The molecule has 0 spiro atoms. The molecule has 156 valence electrons. The smallest absolute Gasteiger partial charge is 0.227 e. The van der Waals surface area contributed by atoms with Crippen LogP contribution in [0.15, 0.2) is 48.5 Å². The van der Waals surface area contributed by atoms with E-state index in [0.717, 1.165) is 41.6 Å². The Morgan fingerprint density at radius 3 is 2.60 bits per heavy atom. The van der Waals surface area contributed by atoms with Crippen LogP contribution in [0, 0.1) is 12.8 Å². The summed E-state index contributed by atoms with van der Waals surface area (Å²) in [4.78, 5) is 19.9.